The molecule has 1 fully saturated rings. The highest BCUT2D eigenvalue weighted by atomic mass is 16.5. The third kappa shape index (κ3) is 2.87. The van der Waals surface area contributed by atoms with Gasteiger partial charge in [-0.05, 0) is 39.3 Å². The van der Waals surface area contributed by atoms with Crippen molar-refractivity contribution in [2.24, 2.45) is 5.73 Å². The quantitative estimate of drug-likeness (QED) is 0.627. The molecule has 0 saturated carbocycles. The van der Waals surface area contributed by atoms with E-state index >= 15 is 0 Å². The highest BCUT2D eigenvalue weighted by Crippen LogP contribution is 2.25. The molecule has 104 valence electrons. The summed E-state index contributed by atoms with van der Waals surface area (Å²) in [5.41, 5.74) is 8.42. The Balaban J connectivity index is 2.45. The zero-order valence-electron chi connectivity index (χ0n) is 12.0. The van der Waals surface area contributed by atoms with E-state index in [2.05, 4.69) is 23.7 Å². The highest BCUT2D eigenvalue weighted by Gasteiger charge is 2.26. The van der Waals surface area contributed by atoms with Crippen LogP contribution < -0.4 is 10.6 Å². The largest absolute Gasteiger partial charge is 0.384 e. The Bertz CT molecular complexity index is 490. The number of nitrogens with zero attached hydrogens (tertiary/aromatic N) is 2. The number of hydrogen-bond acceptors (Lipinski definition) is 4. The molecule has 2 heterocycles. The summed E-state index contributed by atoms with van der Waals surface area (Å²) in [6, 6.07) is 1.97. The number of nitrogen functional groups attached to an aromatic ring is 1. The molecule has 19 heavy (non-hydrogen) atoms. The van der Waals surface area contributed by atoms with Crippen molar-refractivity contribution < 1.29 is 4.74 Å². The van der Waals surface area contributed by atoms with Crippen LogP contribution in [-0.2, 0) is 4.74 Å². The maximum atomic E-state index is 7.79. The van der Waals surface area contributed by atoms with Crippen LogP contribution in [0.2, 0.25) is 0 Å². The van der Waals surface area contributed by atoms with E-state index in [9.17, 15) is 0 Å². The molecule has 2 atom stereocenters. The van der Waals surface area contributed by atoms with Crippen LogP contribution in [0.3, 0.4) is 0 Å². The zero-order chi connectivity index (χ0) is 14.2. The molecule has 2 rings (SSSR count). The summed E-state index contributed by atoms with van der Waals surface area (Å²) in [4.78, 5) is 6.77. The molecule has 5 nitrogen and oxygen atoms in total. The molecule has 0 aromatic carbocycles. The first-order chi connectivity index (χ1) is 8.88. The summed E-state index contributed by atoms with van der Waals surface area (Å²) in [5, 5.41) is 7.79. The average molecular weight is 262 g/mol. The van der Waals surface area contributed by atoms with Gasteiger partial charge in [0.05, 0.1) is 17.8 Å². The molecular weight excluding hydrogens is 240 g/mol. The van der Waals surface area contributed by atoms with Crippen LogP contribution in [0.5, 0.6) is 0 Å². The Kier molecular flexibility index (Phi) is 3.75. The fourth-order valence-corrected chi connectivity index (χ4v) is 2.73. The number of ether oxygens (including phenoxy) is 1. The number of nitrogens with one attached hydrogen (secondary N) is 1. The van der Waals surface area contributed by atoms with Crippen molar-refractivity contribution in [2.45, 2.75) is 39.9 Å². The van der Waals surface area contributed by atoms with Crippen molar-refractivity contribution in [3.63, 3.8) is 0 Å². The number of morpholine rings is 1. The molecule has 0 spiro atoms. The molecule has 0 radical (unpaired) electrons. The van der Waals surface area contributed by atoms with E-state index in [4.69, 9.17) is 15.9 Å². The average Bonchev–Trinajstić information content (AvgIpc) is 2.25. The van der Waals surface area contributed by atoms with Gasteiger partial charge in [-0.25, -0.2) is 4.98 Å². The van der Waals surface area contributed by atoms with Gasteiger partial charge in [-0.3, -0.25) is 5.41 Å². The normalized spacial score (nSPS) is 23.5. The second kappa shape index (κ2) is 5.17. The minimum absolute atomic E-state index is 0.0757. The standard InChI is InChI=1S/C14H22N4O/c1-8-5-9(2)17-14(12(8)13(15)16)18-6-10(3)19-11(4)7-18/h5,10-11H,6-7H2,1-4H3,(H3,15,16)/t10-,11+. The smallest absolute Gasteiger partial charge is 0.140 e. The number of anilines is 1. The van der Waals surface area contributed by atoms with Crippen LogP contribution in [-0.4, -0.2) is 36.1 Å². The van der Waals surface area contributed by atoms with Crippen LogP contribution in [0.15, 0.2) is 6.07 Å². The Labute approximate surface area is 114 Å². The van der Waals surface area contributed by atoms with Crippen molar-refractivity contribution in [3.05, 3.63) is 22.9 Å². The van der Waals surface area contributed by atoms with E-state index in [1.165, 1.54) is 0 Å². The van der Waals surface area contributed by atoms with Gasteiger partial charge in [0.25, 0.3) is 0 Å². The molecule has 0 bridgehead atoms. The molecule has 1 aromatic rings. The minimum atomic E-state index is 0.0757. The molecule has 1 aliphatic heterocycles. The summed E-state index contributed by atoms with van der Waals surface area (Å²) < 4.78 is 5.74. The maximum Gasteiger partial charge on any atom is 0.140 e. The number of aryl methyl sites for hydroxylation is 2. The van der Waals surface area contributed by atoms with Crippen molar-refractivity contribution in [2.75, 3.05) is 18.0 Å². The summed E-state index contributed by atoms with van der Waals surface area (Å²) in [5.74, 6) is 0.888. The Morgan fingerprint density at radius 1 is 1.37 bits per heavy atom. The molecule has 3 N–H and O–H groups in total. The van der Waals surface area contributed by atoms with Gasteiger partial charge in [0.15, 0.2) is 0 Å². The first kappa shape index (κ1) is 13.8. The van der Waals surface area contributed by atoms with Gasteiger partial charge in [-0.15, -0.1) is 0 Å². The van der Waals surface area contributed by atoms with E-state index in [0.29, 0.717) is 0 Å². The molecule has 5 heteroatoms. The van der Waals surface area contributed by atoms with Gasteiger partial charge >= 0.3 is 0 Å². The first-order valence-corrected chi connectivity index (χ1v) is 6.61. The molecule has 0 aliphatic carbocycles. The summed E-state index contributed by atoms with van der Waals surface area (Å²) >= 11 is 0. The molecular formula is C14H22N4O. The number of amidine groups is 1. The van der Waals surface area contributed by atoms with Crippen LogP contribution in [0.4, 0.5) is 5.82 Å². The van der Waals surface area contributed by atoms with Crippen molar-refractivity contribution in [3.8, 4) is 0 Å². The number of aromatic nitrogens is 1. The Hall–Kier alpha value is -1.62. The third-order valence-corrected chi connectivity index (χ3v) is 3.31. The lowest BCUT2D eigenvalue weighted by Gasteiger charge is -2.37. The van der Waals surface area contributed by atoms with Gasteiger partial charge in [0.2, 0.25) is 0 Å². The monoisotopic (exact) mass is 262 g/mol. The molecule has 1 aromatic heterocycles. The number of hydrogen-bond donors (Lipinski definition) is 2. The van der Waals surface area contributed by atoms with Crippen molar-refractivity contribution in [1.29, 1.82) is 5.41 Å². The van der Waals surface area contributed by atoms with Crippen LogP contribution in [0.1, 0.15) is 30.7 Å². The Morgan fingerprint density at radius 3 is 2.47 bits per heavy atom. The van der Waals surface area contributed by atoms with Gasteiger partial charge in [-0.1, -0.05) is 0 Å². The topological polar surface area (TPSA) is 75.2 Å². The van der Waals surface area contributed by atoms with E-state index in [0.717, 1.165) is 35.7 Å². The lowest BCUT2D eigenvalue weighted by Crippen LogP contribution is -2.46. The maximum absolute atomic E-state index is 7.79. The lowest BCUT2D eigenvalue weighted by atomic mass is 10.1. The zero-order valence-corrected chi connectivity index (χ0v) is 12.0. The van der Waals surface area contributed by atoms with Crippen molar-refractivity contribution >= 4 is 11.7 Å². The first-order valence-electron chi connectivity index (χ1n) is 6.61. The predicted molar refractivity (Wildman–Crippen MR) is 76.9 cm³/mol. The van der Waals surface area contributed by atoms with E-state index < -0.39 is 0 Å². The van der Waals surface area contributed by atoms with Crippen LogP contribution in [0, 0.1) is 19.3 Å². The minimum Gasteiger partial charge on any atom is -0.384 e. The summed E-state index contributed by atoms with van der Waals surface area (Å²) in [6.45, 7) is 9.61. The van der Waals surface area contributed by atoms with Gasteiger partial charge in [0.1, 0.15) is 11.7 Å². The van der Waals surface area contributed by atoms with E-state index in [-0.39, 0.29) is 18.0 Å². The fourth-order valence-electron chi connectivity index (χ4n) is 2.73. The number of nitrogens with two attached hydrogens (primary N) is 1. The third-order valence-electron chi connectivity index (χ3n) is 3.31. The second-order valence-corrected chi connectivity index (χ2v) is 5.36. The van der Waals surface area contributed by atoms with E-state index in [1.54, 1.807) is 0 Å². The van der Waals surface area contributed by atoms with Crippen LogP contribution in [0.25, 0.3) is 0 Å². The molecule has 1 saturated heterocycles. The Morgan fingerprint density at radius 2 is 1.95 bits per heavy atom. The highest BCUT2D eigenvalue weighted by molar-refractivity contribution is 6.01. The van der Waals surface area contributed by atoms with Gasteiger partial charge in [-0.2, -0.15) is 0 Å². The fraction of sp³-hybridized carbons (Fsp3) is 0.571. The van der Waals surface area contributed by atoms with Gasteiger partial charge < -0.3 is 15.4 Å². The van der Waals surface area contributed by atoms with Gasteiger partial charge in [0, 0.05) is 18.8 Å². The predicted octanol–water partition coefficient (Wildman–Crippen LogP) is 1.60. The number of rotatable bonds is 2. The molecule has 1 aliphatic rings. The summed E-state index contributed by atoms with van der Waals surface area (Å²) in [6.07, 6.45) is 0.317. The second-order valence-electron chi connectivity index (χ2n) is 5.36. The molecule has 0 unspecified atom stereocenters. The van der Waals surface area contributed by atoms with Crippen LogP contribution >= 0.6 is 0 Å². The van der Waals surface area contributed by atoms with E-state index in [1.807, 2.05) is 19.9 Å². The lowest BCUT2D eigenvalue weighted by molar-refractivity contribution is -0.00548. The number of pyridine rings is 1. The van der Waals surface area contributed by atoms with Crippen molar-refractivity contribution in [1.82, 2.24) is 4.98 Å². The molecule has 0 amide bonds. The SMILES string of the molecule is Cc1cc(C)c(C(=N)N)c(N2C[C@@H](C)O[C@@H](C)C2)n1. The summed E-state index contributed by atoms with van der Waals surface area (Å²) in [7, 11) is 0.